The van der Waals surface area contributed by atoms with Crippen molar-refractivity contribution in [1.82, 2.24) is 19.4 Å². The monoisotopic (exact) mass is 273 g/mol. The number of imidazole rings is 1. The molecule has 2 N–H and O–H groups in total. The van der Waals surface area contributed by atoms with Gasteiger partial charge in [-0.25, -0.2) is 4.98 Å². The molecule has 20 heavy (non-hydrogen) atoms. The quantitative estimate of drug-likeness (QED) is 0.875. The fraction of sp³-hybridized carbons (Fsp3) is 0.357. The molecule has 0 saturated heterocycles. The van der Waals surface area contributed by atoms with Gasteiger partial charge in [-0.05, 0) is 19.1 Å². The maximum absolute atomic E-state index is 12.2. The Bertz CT molecular complexity index is 593. The van der Waals surface area contributed by atoms with Gasteiger partial charge in [0.15, 0.2) is 0 Å². The predicted octanol–water partition coefficient (Wildman–Crippen LogP) is 0.817. The van der Waals surface area contributed by atoms with Gasteiger partial charge in [-0.3, -0.25) is 9.78 Å². The van der Waals surface area contributed by atoms with Crippen LogP contribution in [0.3, 0.4) is 0 Å². The van der Waals surface area contributed by atoms with Crippen LogP contribution in [0.15, 0.2) is 30.7 Å². The zero-order valence-electron chi connectivity index (χ0n) is 11.8. The number of hydrogen-bond donors (Lipinski definition) is 1. The van der Waals surface area contributed by atoms with Crippen LogP contribution in [0.2, 0.25) is 0 Å². The molecule has 2 heterocycles. The molecule has 0 radical (unpaired) electrons. The van der Waals surface area contributed by atoms with Gasteiger partial charge in [0.1, 0.15) is 5.69 Å². The molecule has 0 aliphatic rings. The van der Waals surface area contributed by atoms with E-state index in [1.54, 1.807) is 24.5 Å². The van der Waals surface area contributed by atoms with Gasteiger partial charge in [0, 0.05) is 32.0 Å². The summed E-state index contributed by atoms with van der Waals surface area (Å²) in [4.78, 5) is 22.3. The Hall–Kier alpha value is -2.21. The molecule has 0 fully saturated rings. The van der Waals surface area contributed by atoms with Gasteiger partial charge >= 0.3 is 0 Å². The zero-order chi connectivity index (χ0) is 14.5. The van der Waals surface area contributed by atoms with E-state index in [1.807, 2.05) is 29.7 Å². The summed E-state index contributed by atoms with van der Waals surface area (Å²) in [5.41, 5.74) is 7.70. The summed E-state index contributed by atoms with van der Waals surface area (Å²) in [6.45, 7) is 3.57. The second-order valence-corrected chi connectivity index (χ2v) is 4.72. The molecule has 106 valence electrons. The summed E-state index contributed by atoms with van der Waals surface area (Å²) < 4.78 is 1.81. The number of nitrogens with two attached hydrogens (primary N) is 1. The normalized spacial score (nSPS) is 10.6. The van der Waals surface area contributed by atoms with Crippen LogP contribution < -0.4 is 5.73 Å². The second-order valence-electron chi connectivity index (χ2n) is 4.72. The van der Waals surface area contributed by atoms with Crippen LogP contribution in [0.1, 0.15) is 21.9 Å². The SMILES string of the molecule is Cc1cccc(CN(C)C(=O)c2cn(CCN)cn2)n1. The molecule has 0 atom stereocenters. The van der Waals surface area contributed by atoms with E-state index in [2.05, 4.69) is 9.97 Å². The third-order valence-electron chi connectivity index (χ3n) is 2.93. The first kappa shape index (κ1) is 14.2. The van der Waals surface area contributed by atoms with Crippen molar-refractivity contribution in [3.05, 3.63) is 47.8 Å². The predicted molar refractivity (Wildman–Crippen MR) is 76.1 cm³/mol. The van der Waals surface area contributed by atoms with Crippen molar-refractivity contribution in [2.24, 2.45) is 5.73 Å². The summed E-state index contributed by atoms with van der Waals surface area (Å²) in [6.07, 6.45) is 3.34. The minimum Gasteiger partial charge on any atom is -0.335 e. The summed E-state index contributed by atoms with van der Waals surface area (Å²) in [7, 11) is 1.74. The molecule has 0 spiro atoms. The minimum atomic E-state index is -0.121. The lowest BCUT2D eigenvalue weighted by molar-refractivity contribution is 0.0778. The molecule has 0 saturated carbocycles. The molecular weight excluding hydrogens is 254 g/mol. The molecule has 6 nitrogen and oxygen atoms in total. The Kier molecular flexibility index (Phi) is 4.47. The van der Waals surface area contributed by atoms with Crippen LogP contribution in [-0.2, 0) is 13.1 Å². The largest absolute Gasteiger partial charge is 0.335 e. The highest BCUT2D eigenvalue weighted by atomic mass is 16.2. The van der Waals surface area contributed by atoms with Crippen LogP contribution in [-0.4, -0.2) is 38.9 Å². The van der Waals surface area contributed by atoms with Crippen molar-refractivity contribution in [2.45, 2.75) is 20.0 Å². The molecule has 2 aromatic rings. The van der Waals surface area contributed by atoms with Crippen molar-refractivity contribution in [1.29, 1.82) is 0 Å². The van der Waals surface area contributed by atoms with E-state index in [-0.39, 0.29) is 5.91 Å². The standard InChI is InChI=1S/C14H19N5O/c1-11-4-3-5-12(17-11)8-18(2)14(20)13-9-19(7-6-15)10-16-13/h3-5,9-10H,6-8,15H2,1-2H3. The summed E-state index contributed by atoms with van der Waals surface area (Å²) >= 11 is 0. The lowest BCUT2D eigenvalue weighted by Gasteiger charge is -2.15. The summed E-state index contributed by atoms with van der Waals surface area (Å²) in [6, 6.07) is 5.77. The molecule has 6 heteroatoms. The van der Waals surface area contributed by atoms with E-state index in [1.165, 1.54) is 0 Å². The first-order valence-electron chi connectivity index (χ1n) is 6.50. The number of amides is 1. The van der Waals surface area contributed by atoms with Gasteiger partial charge in [0.05, 0.1) is 18.6 Å². The molecule has 2 aromatic heterocycles. The summed E-state index contributed by atoms with van der Waals surface area (Å²) in [5.74, 6) is -0.121. The van der Waals surface area contributed by atoms with Gasteiger partial charge in [-0.1, -0.05) is 6.07 Å². The van der Waals surface area contributed by atoms with Crippen LogP contribution >= 0.6 is 0 Å². The Morgan fingerprint density at radius 3 is 2.95 bits per heavy atom. The Balaban J connectivity index is 2.04. The number of nitrogens with zero attached hydrogens (tertiary/aromatic N) is 4. The highest BCUT2D eigenvalue weighted by molar-refractivity contribution is 5.91. The molecule has 0 aliphatic carbocycles. The third kappa shape index (κ3) is 3.42. The van der Waals surface area contributed by atoms with Gasteiger partial charge < -0.3 is 15.2 Å². The Labute approximate surface area is 118 Å². The molecule has 0 aliphatic heterocycles. The first-order valence-corrected chi connectivity index (χ1v) is 6.50. The van der Waals surface area contributed by atoms with E-state index in [0.717, 1.165) is 11.4 Å². The van der Waals surface area contributed by atoms with Crippen LogP contribution in [0.5, 0.6) is 0 Å². The summed E-state index contributed by atoms with van der Waals surface area (Å²) in [5, 5.41) is 0. The molecule has 1 amide bonds. The number of rotatable bonds is 5. The molecule has 2 rings (SSSR count). The number of carbonyl (C=O) groups excluding carboxylic acids is 1. The van der Waals surface area contributed by atoms with Crippen molar-refractivity contribution >= 4 is 5.91 Å². The van der Waals surface area contributed by atoms with Gasteiger partial charge in [0.2, 0.25) is 0 Å². The maximum Gasteiger partial charge on any atom is 0.274 e. The Morgan fingerprint density at radius 2 is 2.25 bits per heavy atom. The van der Waals surface area contributed by atoms with Crippen molar-refractivity contribution < 1.29 is 4.79 Å². The number of aromatic nitrogens is 3. The number of pyridine rings is 1. The van der Waals surface area contributed by atoms with Crippen molar-refractivity contribution in [3.8, 4) is 0 Å². The fourth-order valence-corrected chi connectivity index (χ4v) is 1.94. The first-order chi connectivity index (χ1) is 9.60. The van der Waals surface area contributed by atoms with Crippen LogP contribution in [0.25, 0.3) is 0 Å². The maximum atomic E-state index is 12.2. The van der Waals surface area contributed by atoms with Crippen LogP contribution in [0.4, 0.5) is 0 Å². The van der Waals surface area contributed by atoms with Crippen molar-refractivity contribution in [3.63, 3.8) is 0 Å². The lowest BCUT2D eigenvalue weighted by atomic mass is 10.3. The third-order valence-corrected chi connectivity index (χ3v) is 2.93. The van der Waals surface area contributed by atoms with E-state index in [4.69, 9.17) is 5.73 Å². The minimum absolute atomic E-state index is 0.121. The molecule has 0 unspecified atom stereocenters. The highest BCUT2D eigenvalue weighted by Crippen LogP contribution is 2.06. The van der Waals surface area contributed by atoms with E-state index >= 15 is 0 Å². The van der Waals surface area contributed by atoms with Gasteiger partial charge in [0.25, 0.3) is 5.91 Å². The number of carbonyl (C=O) groups is 1. The highest BCUT2D eigenvalue weighted by Gasteiger charge is 2.15. The van der Waals surface area contributed by atoms with Gasteiger partial charge in [-0.15, -0.1) is 0 Å². The fourth-order valence-electron chi connectivity index (χ4n) is 1.94. The topological polar surface area (TPSA) is 77.0 Å². The molecule has 0 aromatic carbocycles. The van der Waals surface area contributed by atoms with Gasteiger partial charge in [-0.2, -0.15) is 0 Å². The molecular formula is C14H19N5O. The van der Waals surface area contributed by atoms with E-state index < -0.39 is 0 Å². The second kappa shape index (κ2) is 6.29. The van der Waals surface area contributed by atoms with Crippen LogP contribution in [0, 0.1) is 6.92 Å². The average Bonchev–Trinajstić information content (AvgIpc) is 2.87. The lowest BCUT2D eigenvalue weighted by Crippen LogP contribution is -2.27. The zero-order valence-corrected chi connectivity index (χ0v) is 11.8. The molecule has 0 bridgehead atoms. The average molecular weight is 273 g/mol. The number of aryl methyl sites for hydroxylation is 1. The Morgan fingerprint density at radius 1 is 1.45 bits per heavy atom. The number of hydrogen-bond acceptors (Lipinski definition) is 4. The van der Waals surface area contributed by atoms with E-state index in [0.29, 0.717) is 25.3 Å². The van der Waals surface area contributed by atoms with Crippen molar-refractivity contribution in [2.75, 3.05) is 13.6 Å². The smallest absolute Gasteiger partial charge is 0.274 e. The van der Waals surface area contributed by atoms with E-state index in [9.17, 15) is 4.79 Å².